The van der Waals surface area contributed by atoms with Crippen LogP contribution in [0.5, 0.6) is 23.0 Å². The van der Waals surface area contributed by atoms with E-state index in [0.717, 1.165) is 48.3 Å². The fourth-order valence-electron chi connectivity index (χ4n) is 3.94. The normalized spacial score (nSPS) is 10.8. The van der Waals surface area contributed by atoms with Crippen LogP contribution in [0.1, 0.15) is 36.8 Å². The van der Waals surface area contributed by atoms with Crippen LogP contribution in [0.25, 0.3) is 0 Å². The van der Waals surface area contributed by atoms with E-state index < -0.39 is 0 Å². The van der Waals surface area contributed by atoms with Crippen molar-refractivity contribution in [2.24, 2.45) is 0 Å². The zero-order valence-corrected chi connectivity index (χ0v) is 26.1. The number of methoxy groups -OCH3 is 2. The van der Waals surface area contributed by atoms with Crippen molar-refractivity contribution in [3.63, 3.8) is 0 Å². The minimum Gasteiger partial charge on any atom is -0.497 e. The lowest BCUT2D eigenvalue weighted by Crippen LogP contribution is -2.15. The van der Waals surface area contributed by atoms with E-state index >= 15 is 0 Å². The molecule has 2 aromatic carbocycles. The number of benzene rings is 2. The first-order valence-corrected chi connectivity index (χ1v) is 15.0. The predicted molar refractivity (Wildman–Crippen MR) is 170 cm³/mol. The summed E-state index contributed by atoms with van der Waals surface area (Å²) in [4.78, 5) is 0. The molecule has 0 radical (unpaired) electrons. The van der Waals surface area contributed by atoms with Gasteiger partial charge in [-0.05, 0) is 61.1 Å². The molecule has 2 rings (SSSR count). The second-order valence-corrected chi connectivity index (χ2v) is 9.61. The van der Waals surface area contributed by atoms with E-state index in [1.165, 1.54) is 0 Å². The monoisotopic (exact) mass is 601 g/mol. The Morgan fingerprint density at radius 1 is 0.558 bits per heavy atom. The van der Waals surface area contributed by atoms with Gasteiger partial charge >= 0.3 is 0 Å². The first-order valence-electron chi connectivity index (χ1n) is 15.0. The highest BCUT2D eigenvalue weighted by Gasteiger charge is 2.09. The molecule has 0 spiro atoms. The summed E-state index contributed by atoms with van der Waals surface area (Å²) in [7, 11) is 3.30. The van der Waals surface area contributed by atoms with Crippen LogP contribution in [0, 0.1) is 0 Å². The van der Waals surface area contributed by atoms with Gasteiger partial charge in [0.2, 0.25) is 0 Å². The molecule has 0 unspecified atom stereocenters. The van der Waals surface area contributed by atoms with Crippen LogP contribution in [0.2, 0.25) is 0 Å². The Kier molecular flexibility index (Phi) is 20.5. The molecule has 0 aliphatic carbocycles. The summed E-state index contributed by atoms with van der Waals surface area (Å²) in [5.41, 5.74) is 2.13. The largest absolute Gasteiger partial charge is 0.497 e. The average molecular weight is 602 g/mol. The minimum atomic E-state index is 0.396. The quantitative estimate of drug-likeness (QED) is 0.0968. The Balaban J connectivity index is 1.82. The summed E-state index contributed by atoms with van der Waals surface area (Å²) in [6.45, 7) is 14.0. The van der Waals surface area contributed by atoms with Gasteiger partial charge in [-0.1, -0.05) is 18.2 Å². The van der Waals surface area contributed by atoms with Gasteiger partial charge in [-0.15, -0.1) is 13.2 Å². The lowest BCUT2D eigenvalue weighted by Gasteiger charge is -2.15. The lowest BCUT2D eigenvalue weighted by atomic mass is 10.1. The Morgan fingerprint density at radius 2 is 1.05 bits per heavy atom. The van der Waals surface area contributed by atoms with Gasteiger partial charge < -0.3 is 43.2 Å². The Morgan fingerprint density at radius 3 is 1.58 bits per heavy atom. The van der Waals surface area contributed by atoms with Crippen LogP contribution in [0.3, 0.4) is 0 Å². The summed E-state index contributed by atoms with van der Waals surface area (Å²) in [5, 5.41) is 3.48. The number of allylic oxidation sites excluding steroid dienone is 2. The van der Waals surface area contributed by atoms with E-state index in [-0.39, 0.29) is 0 Å². The third-order valence-corrected chi connectivity index (χ3v) is 6.19. The number of rotatable bonds is 28. The fraction of sp³-hybridized carbons (Fsp3) is 0.529. The van der Waals surface area contributed by atoms with Crippen LogP contribution in [0.15, 0.2) is 61.7 Å². The third-order valence-electron chi connectivity index (χ3n) is 6.19. The van der Waals surface area contributed by atoms with E-state index in [9.17, 15) is 0 Å². The molecule has 2 aromatic rings. The van der Waals surface area contributed by atoms with Gasteiger partial charge in [0.15, 0.2) is 11.5 Å². The molecular weight excluding hydrogens is 550 g/mol. The number of hydrogen-bond acceptors (Lipinski definition) is 9. The van der Waals surface area contributed by atoms with E-state index in [4.69, 9.17) is 37.9 Å². The predicted octanol–water partition coefficient (Wildman–Crippen LogP) is 5.75. The molecule has 0 aliphatic rings. The van der Waals surface area contributed by atoms with Crippen molar-refractivity contribution in [2.75, 3.05) is 80.3 Å². The second-order valence-electron chi connectivity index (χ2n) is 9.61. The first kappa shape index (κ1) is 36.1. The number of unbranched alkanes of at least 4 members (excludes halogenated alkanes) is 2. The van der Waals surface area contributed by atoms with Crippen molar-refractivity contribution >= 4 is 0 Å². The average Bonchev–Trinajstić information content (AvgIpc) is 3.03. The van der Waals surface area contributed by atoms with Crippen molar-refractivity contribution in [3.05, 3.63) is 72.8 Å². The molecular formula is C34H51NO8. The molecule has 0 heterocycles. The molecule has 0 amide bonds. The molecule has 0 aliphatic heterocycles. The van der Waals surface area contributed by atoms with Crippen molar-refractivity contribution in [1.82, 2.24) is 5.32 Å². The molecule has 0 bridgehead atoms. The number of ether oxygens (including phenoxy) is 8. The standard InChI is InChI=1S/C34H51NO8/c1-5-7-9-13-38-15-17-40-19-21-42-33-12-11-29(27-35-28-30-23-31(36-3)26-32(24-30)37-4)25-34(33)43-22-20-41-18-16-39-14-10-8-6-2/h5-6,11-12,23-26,35H,1-2,7-10,13-22,27-28H2,3-4H3. The van der Waals surface area contributed by atoms with Crippen molar-refractivity contribution in [2.45, 2.75) is 38.8 Å². The SMILES string of the molecule is C=CCCCOCCOCCOc1ccc(CNCc2cc(OC)cc(OC)c2)cc1OCCOCCOCCCC=C. The minimum absolute atomic E-state index is 0.396. The molecule has 0 aromatic heterocycles. The number of nitrogens with one attached hydrogen (secondary N) is 1. The summed E-state index contributed by atoms with van der Waals surface area (Å²) < 4.78 is 45.2. The van der Waals surface area contributed by atoms with Crippen LogP contribution < -0.4 is 24.3 Å². The summed E-state index contributed by atoms with van der Waals surface area (Å²) in [6, 6.07) is 11.8. The Bertz CT molecular complexity index is 994. The summed E-state index contributed by atoms with van der Waals surface area (Å²) in [6.07, 6.45) is 7.67. The maximum atomic E-state index is 6.07. The maximum absolute atomic E-state index is 6.07. The van der Waals surface area contributed by atoms with Crippen molar-refractivity contribution in [1.29, 1.82) is 0 Å². The molecule has 9 heteroatoms. The molecule has 0 saturated heterocycles. The highest BCUT2D eigenvalue weighted by molar-refractivity contribution is 5.43. The lowest BCUT2D eigenvalue weighted by molar-refractivity contribution is 0.0326. The Labute approximate surface area is 258 Å². The molecule has 1 N–H and O–H groups in total. The Hall–Kier alpha value is -3.08. The van der Waals surface area contributed by atoms with Gasteiger partial charge in [0.1, 0.15) is 24.7 Å². The number of hydrogen-bond donors (Lipinski definition) is 1. The smallest absolute Gasteiger partial charge is 0.161 e. The van der Waals surface area contributed by atoms with E-state index in [1.807, 2.05) is 48.6 Å². The molecule has 43 heavy (non-hydrogen) atoms. The third kappa shape index (κ3) is 17.0. The molecule has 0 saturated carbocycles. The van der Waals surface area contributed by atoms with Crippen molar-refractivity contribution in [3.8, 4) is 23.0 Å². The topological polar surface area (TPSA) is 85.9 Å². The van der Waals surface area contributed by atoms with E-state index in [2.05, 4.69) is 18.5 Å². The van der Waals surface area contributed by atoms with Crippen molar-refractivity contribution < 1.29 is 37.9 Å². The zero-order chi connectivity index (χ0) is 30.8. The molecule has 0 fully saturated rings. The second kappa shape index (κ2) is 24.4. The van der Waals surface area contributed by atoms with E-state index in [0.29, 0.717) is 90.7 Å². The molecule has 240 valence electrons. The van der Waals surface area contributed by atoms with Gasteiger partial charge in [0.25, 0.3) is 0 Å². The van der Waals surface area contributed by atoms with E-state index in [1.54, 1.807) is 14.2 Å². The summed E-state index contributed by atoms with van der Waals surface area (Å²) >= 11 is 0. The van der Waals surface area contributed by atoms with Gasteiger partial charge in [-0.25, -0.2) is 0 Å². The summed E-state index contributed by atoms with van der Waals surface area (Å²) in [5.74, 6) is 2.85. The van der Waals surface area contributed by atoms with Crippen LogP contribution in [-0.4, -0.2) is 80.3 Å². The maximum Gasteiger partial charge on any atom is 0.161 e. The molecule has 9 nitrogen and oxygen atoms in total. The zero-order valence-electron chi connectivity index (χ0n) is 26.1. The van der Waals surface area contributed by atoms with Crippen LogP contribution in [-0.2, 0) is 32.0 Å². The van der Waals surface area contributed by atoms with Gasteiger partial charge in [-0.2, -0.15) is 0 Å². The van der Waals surface area contributed by atoms with Gasteiger partial charge in [-0.3, -0.25) is 0 Å². The highest BCUT2D eigenvalue weighted by atomic mass is 16.6. The fourth-order valence-corrected chi connectivity index (χ4v) is 3.94. The molecule has 0 atom stereocenters. The van der Waals surface area contributed by atoms with Crippen LogP contribution in [0.4, 0.5) is 0 Å². The van der Waals surface area contributed by atoms with Gasteiger partial charge in [0.05, 0.1) is 53.9 Å². The van der Waals surface area contributed by atoms with Crippen LogP contribution >= 0.6 is 0 Å². The van der Waals surface area contributed by atoms with Gasteiger partial charge in [0, 0.05) is 32.4 Å². The highest BCUT2D eigenvalue weighted by Crippen LogP contribution is 2.29. The first-order chi connectivity index (χ1) is 21.2.